The first-order valence-corrected chi connectivity index (χ1v) is 6.50. The van der Waals surface area contributed by atoms with Crippen molar-refractivity contribution in [2.45, 2.75) is 46.1 Å². The Morgan fingerprint density at radius 2 is 1.94 bits per heavy atom. The Morgan fingerprint density at radius 1 is 1.41 bits per heavy atom. The number of nitrogens with two attached hydrogens (primary N) is 1. The van der Waals surface area contributed by atoms with Gasteiger partial charge in [-0.2, -0.15) is 0 Å². The van der Waals surface area contributed by atoms with Gasteiger partial charge < -0.3 is 15.7 Å². The molecule has 1 saturated heterocycles. The van der Waals surface area contributed by atoms with Crippen molar-refractivity contribution in [3.05, 3.63) is 0 Å². The first-order chi connectivity index (χ1) is 7.83. The highest BCUT2D eigenvalue weighted by atomic mass is 16.3. The molecule has 1 aliphatic heterocycles. The summed E-state index contributed by atoms with van der Waals surface area (Å²) in [6, 6.07) is 0. The highest BCUT2D eigenvalue weighted by molar-refractivity contribution is 5.79. The summed E-state index contributed by atoms with van der Waals surface area (Å²) < 4.78 is 0. The predicted octanol–water partition coefficient (Wildman–Crippen LogP) is 0.981. The molecule has 1 unspecified atom stereocenters. The van der Waals surface area contributed by atoms with E-state index in [1.165, 1.54) is 0 Å². The molecule has 1 rings (SSSR count). The van der Waals surface area contributed by atoms with Crippen molar-refractivity contribution in [1.82, 2.24) is 4.90 Å². The lowest BCUT2D eigenvalue weighted by Crippen LogP contribution is -2.45. The molecule has 0 aromatic heterocycles. The van der Waals surface area contributed by atoms with Crippen LogP contribution in [0.3, 0.4) is 0 Å². The smallest absolute Gasteiger partial charge is 0.226 e. The molecule has 4 nitrogen and oxygen atoms in total. The van der Waals surface area contributed by atoms with E-state index in [0.717, 1.165) is 6.42 Å². The van der Waals surface area contributed by atoms with Crippen LogP contribution in [0, 0.1) is 11.3 Å². The standard InChI is InChI=1S/C13H26N2O2/c1-13(2,3)8-10(9-14)12(17)15-6-4-11(16)5-7-15/h10-11,16H,4-9,14H2,1-3H3. The van der Waals surface area contributed by atoms with Gasteiger partial charge in [-0.15, -0.1) is 0 Å². The van der Waals surface area contributed by atoms with Crippen molar-refractivity contribution < 1.29 is 9.90 Å². The normalized spacial score (nSPS) is 20.4. The third-order valence-electron chi connectivity index (χ3n) is 3.27. The quantitative estimate of drug-likeness (QED) is 0.775. The predicted molar refractivity (Wildman–Crippen MR) is 68.4 cm³/mol. The molecule has 0 aliphatic carbocycles. The molecule has 0 aromatic carbocycles. The van der Waals surface area contributed by atoms with E-state index in [-0.39, 0.29) is 23.3 Å². The number of piperidine rings is 1. The van der Waals surface area contributed by atoms with Crippen LogP contribution in [0.5, 0.6) is 0 Å². The van der Waals surface area contributed by atoms with Crippen molar-refractivity contribution in [2.75, 3.05) is 19.6 Å². The SMILES string of the molecule is CC(C)(C)CC(CN)C(=O)N1CCC(O)CC1. The molecule has 1 amide bonds. The maximum Gasteiger partial charge on any atom is 0.226 e. The van der Waals surface area contributed by atoms with Crippen molar-refractivity contribution in [2.24, 2.45) is 17.1 Å². The van der Waals surface area contributed by atoms with E-state index in [1.807, 2.05) is 4.90 Å². The number of carbonyl (C=O) groups excluding carboxylic acids is 1. The summed E-state index contributed by atoms with van der Waals surface area (Å²) >= 11 is 0. The third kappa shape index (κ3) is 4.64. The zero-order valence-corrected chi connectivity index (χ0v) is 11.3. The second-order valence-electron chi connectivity index (χ2n) is 6.25. The molecule has 4 heteroatoms. The number of aliphatic hydroxyl groups excluding tert-OH is 1. The molecule has 1 atom stereocenters. The van der Waals surface area contributed by atoms with Gasteiger partial charge in [-0.05, 0) is 24.7 Å². The summed E-state index contributed by atoms with van der Waals surface area (Å²) in [6.07, 6.45) is 1.97. The van der Waals surface area contributed by atoms with Crippen LogP contribution < -0.4 is 5.73 Å². The second-order valence-corrected chi connectivity index (χ2v) is 6.25. The largest absolute Gasteiger partial charge is 0.393 e. The fourth-order valence-corrected chi connectivity index (χ4v) is 2.36. The van der Waals surface area contributed by atoms with Crippen LogP contribution in [0.1, 0.15) is 40.0 Å². The molecule has 1 aliphatic rings. The molecule has 0 radical (unpaired) electrons. The van der Waals surface area contributed by atoms with Crippen LogP contribution in [0.2, 0.25) is 0 Å². The zero-order chi connectivity index (χ0) is 13.1. The van der Waals surface area contributed by atoms with Gasteiger partial charge in [-0.25, -0.2) is 0 Å². The summed E-state index contributed by atoms with van der Waals surface area (Å²) in [7, 11) is 0. The Labute approximate surface area is 104 Å². The molecule has 17 heavy (non-hydrogen) atoms. The van der Waals surface area contributed by atoms with Gasteiger partial charge in [0.05, 0.1) is 12.0 Å². The van der Waals surface area contributed by atoms with Crippen molar-refractivity contribution in [3.8, 4) is 0 Å². The lowest BCUT2D eigenvalue weighted by Gasteiger charge is -2.34. The van der Waals surface area contributed by atoms with Crippen LogP contribution in [0.25, 0.3) is 0 Å². The number of amides is 1. The van der Waals surface area contributed by atoms with Crippen LogP contribution in [-0.4, -0.2) is 41.7 Å². The molecule has 0 saturated carbocycles. The van der Waals surface area contributed by atoms with Crippen molar-refractivity contribution in [3.63, 3.8) is 0 Å². The number of nitrogens with zero attached hydrogens (tertiary/aromatic N) is 1. The average Bonchev–Trinajstić information content (AvgIpc) is 2.25. The molecule has 0 aromatic rings. The summed E-state index contributed by atoms with van der Waals surface area (Å²) in [4.78, 5) is 14.1. The van der Waals surface area contributed by atoms with Crippen molar-refractivity contribution in [1.29, 1.82) is 0 Å². The molecule has 1 heterocycles. The van der Waals surface area contributed by atoms with Gasteiger partial charge in [0, 0.05) is 19.6 Å². The van der Waals surface area contributed by atoms with Crippen LogP contribution in [0.15, 0.2) is 0 Å². The van der Waals surface area contributed by atoms with E-state index >= 15 is 0 Å². The van der Waals surface area contributed by atoms with E-state index in [9.17, 15) is 9.90 Å². The lowest BCUT2D eigenvalue weighted by atomic mass is 9.84. The van der Waals surface area contributed by atoms with Crippen LogP contribution in [0.4, 0.5) is 0 Å². The van der Waals surface area contributed by atoms with Gasteiger partial charge in [0.1, 0.15) is 0 Å². The number of likely N-dealkylation sites (tertiary alicyclic amines) is 1. The number of rotatable bonds is 3. The number of carbonyl (C=O) groups is 1. The fourth-order valence-electron chi connectivity index (χ4n) is 2.36. The topological polar surface area (TPSA) is 66.6 Å². The molecule has 3 N–H and O–H groups in total. The summed E-state index contributed by atoms with van der Waals surface area (Å²) in [5.74, 6) is 0.0829. The minimum atomic E-state index is -0.238. The monoisotopic (exact) mass is 242 g/mol. The minimum Gasteiger partial charge on any atom is -0.393 e. The van der Waals surface area contributed by atoms with E-state index in [1.54, 1.807) is 0 Å². The van der Waals surface area contributed by atoms with E-state index < -0.39 is 0 Å². The first kappa shape index (κ1) is 14.5. The Hall–Kier alpha value is -0.610. The third-order valence-corrected chi connectivity index (χ3v) is 3.27. The maximum absolute atomic E-state index is 12.3. The zero-order valence-electron chi connectivity index (χ0n) is 11.3. The van der Waals surface area contributed by atoms with Crippen LogP contribution in [-0.2, 0) is 4.79 Å². The molecular formula is C13H26N2O2. The van der Waals surface area contributed by atoms with E-state index in [0.29, 0.717) is 32.5 Å². The van der Waals surface area contributed by atoms with E-state index in [2.05, 4.69) is 20.8 Å². The summed E-state index contributed by atoms with van der Waals surface area (Å²) in [5.41, 5.74) is 5.84. The Morgan fingerprint density at radius 3 is 2.35 bits per heavy atom. The number of hydrogen-bond acceptors (Lipinski definition) is 3. The molecular weight excluding hydrogens is 216 g/mol. The van der Waals surface area contributed by atoms with Crippen LogP contribution >= 0.6 is 0 Å². The van der Waals surface area contributed by atoms with Gasteiger partial charge in [0.25, 0.3) is 0 Å². The molecule has 0 spiro atoms. The lowest BCUT2D eigenvalue weighted by molar-refractivity contribution is -0.138. The Kier molecular flexibility index (Phi) is 4.95. The van der Waals surface area contributed by atoms with Gasteiger partial charge in [-0.3, -0.25) is 4.79 Å². The molecule has 1 fully saturated rings. The maximum atomic E-state index is 12.3. The number of aliphatic hydroxyl groups is 1. The summed E-state index contributed by atoms with van der Waals surface area (Å²) in [5, 5.41) is 9.43. The fraction of sp³-hybridized carbons (Fsp3) is 0.923. The second kappa shape index (κ2) is 5.83. The molecule has 100 valence electrons. The first-order valence-electron chi connectivity index (χ1n) is 6.50. The van der Waals surface area contributed by atoms with Gasteiger partial charge in [-0.1, -0.05) is 20.8 Å². The van der Waals surface area contributed by atoms with Gasteiger partial charge in [0.15, 0.2) is 0 Å². The Bertz CT molecular complexity index is 253. The number of hydrogen-bond donors (Lipinski definition) is 2. The molecule has 0 bridgehead atoms. The minimum absolute atomic E-state index is 0.0785. The highest BCUT2D eigenvalue weighted by Crippen LogP contribution is 2.26. The van der Waals surface area contributed by atoms with Gasteiger partial charge >= 0.3 is 0 Å². The van der Waals surface area contributed by atoms with Gasteiger partial charge in [0.2, 0.25) is 5.91 Å². The summed E-state index contributed by atoms with van der Waals surface area (Å²) in [6.45, 7) is 8.13. The Balaban J connectivity index is 2.54. The van der Waals surface area contributed by atoms with Crippen molar-refractivity contribution >= 4 is 5.91 Å². The van der Waals surface area contributed by atoms with E-state index in [4.69, 9.17) is 5.73 Å². The average molecular weight is 242 g/mol. The highest BCUT2D eigenvalue weighted by Gasteiger charge is 2.29.